The number of nitrogens with zero attached hydrogens (tertiary/aromatic N) is 1. The van der Waals surface area contributed by atoms with Crippen LogP contribution in [-0.4, -0.2) is 30.1 Å². The highest BCUT2D eigenvalue weighted by Crippen LogP contribution is 2.37. The molecule has 4 rings (SSSR count). The minimum absolute atomic E-state index is 0.256. The second-order valence-electron chi connectivity index (χ2n) is 6.88. The minimum atomic E-state index is -0.542. The maximum atomic E-state index is 13.1. The molecule has 5 nitrogen and oxygen atoms in total. The van der Waals surface area contributed by atoms with E-state index in [1.807, 2.05) is 78.9 Å². The van der Waals surface area contributed by atoms with Gasteiger partial charge in [-0.25, -0.2) is 4.79 Å². The van der Waals surface area contributed by atoms with Gasteiger partial charge >= 0.3 is 6.09 Å². The summed E-state index contributed by atoms with van der Waals surface area (Å²) in [6.45, 7) is 0. The monoisotopic (exact) mass is 384 g/mol. The van der Waals surface area contributed by atoms with Gasteiger partial charge in [-0.3, -0.25) is 4.79 Å². The summed E-state index contributed by atoms with van der Waals surface area (Å²) in [4.78, 5) is 29.9. The van der Waals surface area contributed by atoms with Crippen molar-refractivity contribution < 1.29 is 9.53 Å². The van der Waals surface area contributed by atoms with Gasteiger partial charge in [-0.15, -0.1) is 0 Å². The molecule has 0 fully saturated rings. The smallest absolute Gasteiger partial charge is 0.409 e. The lowest BCUT2D eigenvalue weighted by Crippen LogP contribution is -2.26. The first kappa shape index (κ1) is 18.5. The molecule has 1 aromatic heterocycles. The number of ether oxygens (including phenoxy) is 1. The Balaban J connectivity index is 2.05. The number of carbonyl (C=O) groups is 1. The molecule has 0 aliphatic rings. The molecule has 0 aliphatic heterocycles. The van der Waals surface area contributed by atoms with Crippen molar-refractivity contribution in [3.8, 4) is 28.0 Å². The molecule has 0 bridgehead atoms. The van der Waals surface area contributed by atoms with E-state index < -0.39 is 6.09 Å². The number of fused-ring (bicyclic) bond motifs is 1. The Bertz CT molecular complexity index is 1230. The van der Waals surface area contributed by atoms with Crippen molar-refractivity contribution in [1.82, 2.24) is 9.88 Å². The van der Waals surface area contributed by atoms with Crippen LogP contribution in [0, 0.1) is 0 Å². The first-order valence-electron chi connectivity index (χ1n) is 9.25. The van der Waals surface area contributed by atoms with Crippen molar-refractivity contribution in [3.05, 3.63) is 89.2 Å². The van der Waals surface area contributed by atoms with Gasteiger partial charge in [0.15, 0.2) is 5.75 Å². The lowest BCUT2D eigenvalue weighted by atomic mass is 9.98. The predicted molar refractivity (Wildman–Crippen MR) is 115 cm³/mol. The van der Waals surface area contributed by atoms with E-state index in [1.165, 1.54) is 4.90 Å². The molecule has 0 saturated heterocycles. The number of nitrogens with one attached hydrogen (secondary N) is 1. The number of pyridine rings is 1. The topological polar surface area (TPSA) is 62.4 Å². The molecule has 0 saturated carbocycles. The van der Waals surface area contributed by atoms with Crippen LogP contribution < -0.4 is 10.3 Å². The Labute approximate surface area is 168 Å². The molecule has 0 atom stereocenters. The second-order valence-corrected chi connectivity index (χ2v) is 6.88. The van der Waals surface area contributed by atoms with E-state index >= 15 is 0 Å². The van der Waals surface area contributed by atoms with Gasteiger partial charge in [-0.1, -0.05) is 72.8 Å². The summed E-state index contributed by atoms with van der Waals surface area (Å²) in [5.41, 5.74) is 3.16. The molecular formula is C24H20N2O3. The Morgan fingerprint density at radius 2 is 1.45 bits per heavy atom. The zero-order chi connectivity index (χ0) is 20.4. The molecule has 1 amide bonds. The van der Waals surface area contributed by atoms with E-state index in [-0.39, 0.29) is 11.3 Å². The Morgan fingerprint density at radius 1 is 0.828 bits per heavy atom. The van der Waals surface area contributed by atoms with Crippen molar-refractivity contribution in [2.45, 2.75) is 0 Å². The number of benzene rings is 3. The standard InChI is InChI=1S/C24H20N2O3/c1-26(2)24(28)29-22-19-15-9-14-18(16-10-5-3-6-11-16)21(19)25-23(27)20(22)17-12-7-4-8-13-17/h3-15H,1-2H3,(H,25,27). The molecule has 1 N–H and O–H groups in total. The SMILES string of the molecule is CN(C)C(=O)Oc1c(-c2ccccc2)c(=O)[nH]c2c(-c3ccccc3)cccc12. The maximum absolute atomic E-state index is 13.1. The van der Waals surface area contributed by atoms with E-state index in [0.29, 0.717) is 22.0 Å². The molecule has 1 heterocycles. The fraction of sp³-hybridized carbons (Fsp3) is 0.0833. The van der Waals surface area contributed by atoms with Crippen molar-refractivity contribution in [1.29, 1.82) is 0 Å². The zero-order valence-electron chi connectivity index (χ0n) is 16.2. The van der Waals surface area contributed by atoms with E-state index in [0.717, 1.165) is 11.1 Å². The van der Waals surface area contributed by atoms with Gasteiger partial charge in [-0.05, 0) is 17.2 Å². The highest BCUT2D eigenvalue weighted by Gasteiger charge is 2.21. The van der Waals surface area contributed by atoms with Crippen LogP contribution in [0.25, 0.3) is 33.2 Å². The van der Waals surface area contributed by atoms with Gasteiger partial charge < -0.3 is 14.6 Å². The lowest BCUT2D eigenvalue weighted by molar-refractivity contribution is 0.172. The average Bonchev–Trinajstić information content (AvgIpc) is 2.74. The minimum Gasteiger partial charge on any atom is -0.409 e. The van der Waals surface area contributed by atoms with Crippen LogP contribution >= 0.6 is 0 Å². The number of aromatic amines is 1. The van der Waals surface area contributed by atoms with E-state index in [1.54, 1.807) is 14.1 Å². The summed E-state index contributed by atoms with van der Waals surface area (Å²) in [7, 11) is 3.21. The summed E-state index contributed by atoms with van der Waals surface area (Å²) in [5.74, 6) is 0.256. The Morgan fingerprint density at radius 3 is 2.07 bits per heavy atom. The molecule has 5 heteroatoms. The van der Waals surface area contributed by atoms with Gasteiger partial charge in [0.2, 0.25) is 0 Å². The molecule has 29 heavy (non-hydrogen) atoms. The molecule has 0 spiro atoms. The van der Waals surface area contributed by atoms with Gasteiger partial charge in [0.1, 0.15) is 0 Å². The van der Waals surface area contributed by atoms with Crippen LogP contribution in [0.3, 0.4) is 0 Å². The first-order chi connectivity index (χ1) is 14.1. The predicted octanol–water partition coefficient (Wildman–Crippen LogP) is 4.92. The number of H-pyrrole nitrogens is 1. The van der Waals surface area contributed by atoms with E-state index in [4.69, 9.17) is 4.74 Å². The van der Waals surface area contributed by atoms with E-state index in [9.17, 15) is 9.59 Å². The number of rotatable bonds is 3. The van der Waals surface area contributed by atoms with Gasteiger partial charge in [0.05, 0.1) is 11.1 Å². The third-order valence-electron chi connectivity index (χ3n) is 4.70. The number of amides is 1. The van der Waals surface area contributed by atoms with Gasteiger partial charge in [0.25, 0.3) is 5.56 Å². The first-order valence-corrected chi connectivity index (χ1v) is 9.25. The van der Waals surface area contributed by atoms with Crippen molar-refractivity contribution >= 4 is 17.0 Å². The largest absolute Gasteiger partial charge is 0.414 e. The number of hydrogen-bond acceptors (Lipinski definition) is 3. The maximum Gasteiger partial charge on any atom is 0.414 e. The summed E-state index contributed by atoms with van der Waals surface area (Å²) >= 11 is 0. The number of aromatic nitrogens is 1. The summed E-state index contributed by atoms with van der Waals surface area (Å²) in [6.07, 6.45) is -0.542. The van der Waals surface area contributed by atoms with Gasteiger partial charge in [0, 0.05) is 25.0 Å². The summed E-state index contributed by atoms with van der Waals surface area (Å²) in [5, 5.41) is 0.667. The van der Waals surface area contributed by atoms with Crippen LogP contribution in [-0.2, 0) is 0 Å². The number of para-hydroxylation sites is 1. The Hall–Kier alpha value is -3.86. The molecule has 0 aliphatic carbocycles. The molecule has 0 unspecified atom stereocenters. The summed E-state index contributed by atoms with van der Waals surface area (Å²) < 4.78 is 5.71. The lowest BCUT2D eigenvalue weighted by Gasteiger charge is -2.17. The van der Waals surface area contributed by atoms with Crippen molar-refractivity contribution in [2.24, 2.45) is 0 Å². The van der Waals surface area contributed by atoms with Crippen LogP contribution in [0.15, 0.2) is 83.7 Å². The van der Waals surface area contributed by atoms with Crippen molar-refractivity contribution in [3.63, 3.8) is 0 Å². The summed E-state index contributed by atoms with van der Waals surface area (Å²) in [6, 6.07) is 24.7. The van der Waals surface area contributed by atoms with Gasteiger partial charge in [-0.2, -0.15) is 0 Å². The molecule has 4 aromatic rings. The number of carbonyl (C=O) groups excluding carboxylic acids is 1. The molecule has 3 aromatic carbocycles. The van der Waals surface area contributed by atoms with Crippen LogP contribution in [0.1, 0.15) is 0 Å². The fourth-order valence-electron chi connectivity index (χ4n) is 3.30. The third-order valence-corrected chi connectivity index (χ3v) is 4.70. The fourth-order valence-corrected chi connectivity index (χ4v) is 3.30. The molecular weight excluding hydrogens is 364 g/mol. The quantitative estimate of drug-likeness (QED) is 0.545. The Kier molecular flexibility index (Phi) is 4.87. The molecule has 0 radical (unpaired) electrons. The van der Waals surface area contributed by atoms with Crippen LogP contribution in [0.5, 0.6) is 5.75 Å². The number of hydrogen-bond donors (Lipinski definition) is 1. The van der Waals surface area contributed by atoms with E-state index in [2.05, 4.69) is 4.98 Å². The van der Waals surface area contributed by atoms with Crippen LogP contribution in [0.4, 0.5) is 4.79 Å². The third kappa shape index (κ3) is 3.50. The highest BCUT2D eigenvalue weighted by molar-refractivity contribution is 6.01. The highest BCUT2D eigenvalue weighted by atomic mass is 16.6. The zero-order valence-corrected chi connectivity index (χ0v) is 16.2. The van der Waals surface area contributed by atoms with Crippen LogP contribution in [0.2, 0.25) is 0 Å². The second kappa shape index (κ2) is 7.64. The molecule has 144 valence electrons. The van der Waals surface area contributed by atoms with Crippen molar-refractivity contribution in [2.75, 3.05) is 14.1 Å². The normalized spacial score (nSPS) is 10.7. The average molecular weight is 384 g/mol.